The number of methoxy groups -OCH3 is 1. The molecule has 0 radical (unpaired) electrons. The van der Waals surface area contributed by atoms with Crippen LogP contribution in [0, 0.1) is 0 Å². The molecule has 0 saturated carbocycles. The van der Waals surface area contributed by atoms with E-state index in [9.17, 15) is 9.59 Å². The van der Waals surface area contributed by atoms with Gasteiger partial charge in [-0.2, -0.15) is 5.10 Å². The molecule has 3 rings (SSSR count). The summed E-state index contributed by atoms with van der Waals surface area (Å²) in [5, 5.41) is 10.6. The number of rotatable bonds is 9. The molecule has 0 atom stereocenters. The molecule has 8 nitrogen and oxygen atoms in total. The molecule has 36 heavy (non-hydrogen) atoms. The fourth-order valence-corrected chi connectivity index (χ4v) is 3.85. The standard InChI is InChI=1S/C27H34BrN5O3/c1-6-7-16-32(26(35)29-22-11-9-8-10-21(22)28)18-25(34)30-24-17-23(27(2,3)4)31-33(24)19-12-14-20(36-5)15-13-19/h8-15,17H,6-7,16,18H2,1-5H3,(H,29,35)(H,30,34). The number of para-hydroxylation sites is 1. The van der Waals surface area contributed by atoms with Gasteiger partial charge in [-0.1, -0.05) is 46.2 Å². The summed E-state index contributed by atoms with van der Waals surface area (Å²) in [6, 6.07) is 16.4. The van der Waals surface area contributed by atoms with Gasteiger partial charge in [0.15, 0.2) is 0 Å². The number of hydrogen-bond acceptors (Lipinski definition) is 4. The maximum atomic E-state index is 13.1. The van der Waals surface area contributed by atoms with Crippen LogP contribution in [0.1, 0.15) is 46.2 Å². The van der Waals surface area contributed by atoms with Gasteiger partial charge < -0.3 is 20.3 Å². The number of anilines is 2. The molecule has 0 aliphatic carbocycles. The number of amides is 3. The molecule has 3 aromatic rings. The fraction of sp³-hybridized carbons (Fsp3) is 0.370. The van der Waals surface area contributed by atoms with Crippen LogP contribution in [0.5, 0.6) is 5.75 Å². The molecular formula is C27H34BrN5O3. The first-order chi connectivity index (χ1) is 17.1. The molecule has 3 amide bonds. The number of nitrogens with zero attached hydrogens (tertiary/aromatic N) is 3. The minimum absolute atomic E-state index is 0.0884. The Morgan fingerprint density at radius 2 is 1.78 bits per heavy atom. The number of hydrogen-bond donors (Lipinski definition) is 2. The largest absolute Gasteiger partial charge is 0.497 e. The van der Waals surface area contributed by atoms with Crippen molar-refractivity contribution in [3.63, 3.8) is 0 Å². The number of benzene rings is 2. The molecule has 0 bridgehead atoms. The van der Waals surface area contributed by atoms with Gasteiger partial charge in [0.25, 0.3) is 0 Å². The number of ether oxygens (including phenoxy) is 1. The Hall–Kier alpha value is -3.33. The van der Waals surface area contributed by atoms with Crippen LogP contribution in [0.4, 0.5) is 16.3 Å². The zero-order valence-corrected chi connectivity index (χ0v) is 23.1. The maximum absolute atomic E-state index is 13.1. The van der Waals surface area contributed by atoms with Gasteiger partial charge in [-0.05, 0) is 58.7 Å². The Balaban J connectivity index is 1.81. The lowest BCUT2D eigenvalue weighted by Crippen LogP contribution is -2.41. The summed E-state index contributed by atoms with van der Waals surface area (Å²) in [4.78, 5) is 27.7. The predicted molar refractivity (Wildman–Crippen MR) is 147 cm³/mol. The van der Waals surface area contributed by atoms with Crippen LogP contribution in [0.2, 0.25) is 0 Å². The number of halogens is 1. The SMILES string of the molecule is CCCCN(CC(=O)Nc1cc(C(C)(C)C)nn1-c1ccc(OC)cc1)C(=O)Nc1ccccc1Br. The van der Waals surface area contributed by atoms with Crippen molar-refractivity contribution in [2.45, 2.75) is 46.0 Å². The third-order valence-corrected chi connectivity index (χ3v) is 6.27. The van der Waals surface area contributed by atoms with Gasteiger partial charge in [-0.25, -0.2) is 9.48 Å². The number of aromatic nitrogens is 2. The highest BCUT2D eigenvalue weighted by molar-refractivity contribution is 9.10. The number of urea groups is 1. The topological polar surface area (TPSA) is 88.5 Å². The van der Waals surface area contributed by atoms with Crippen LogP contribution in [-0.2, 0) is 10.2 Å². The average Bonchev–Trinajstić information content (AvgIpc) is 3.27. The first-order valence-corrected chi connectivity index (χ1v) is 12.8. The third kappa shape index (κ3) is 7.10. The molecule has 9 heteroatoms. The molecular weight excluding hydrogens is 522 g/mol. The highest BCUT2D eigenvalue weighted by atomic mass is 79.9. The molecule has 0 spiro atoms. The van der Waals surface area contributed by atoms with Crippen LogP contribution in [0.25, 0.3) is 5.69 Å². The Bertz CT molecular complexity index is 1180. The van der Waals surface area contributed by atoms with Gasteiger partial charge in [0.2, 0.25) is 5.91 Å². The Kier molecular flexibility index (Phi) is 9.14. The summed E-state index contributed by atoms with van der Waals surface area (Å²) in [5.41, 5.74) is 2.06. The van der Waals surface area contributed by atoms with Crippen LogP contribution < -0.4 is 15.4 Å². The number of carbonyl (C=O) groups excluding carboxylic acids is 2. The molecule has 192 valence electrons. The van der Waals surface area contributed by atoms with Gasteiger partial charge >= 0.3 is 6.03 Å². The van der Waals surface area contributed by atoms with Gasteiger partial charge in [-0.3, -0.25) is 4.79 Å². The minimum Gasteiger partial charge on any atom is -0.497 e. The van der Waals surface area contributed by atoms with E-state index in [4.69, 9.17) is 9.84 Å². The van der Waals surface area contributed by atoms with E-state index in [1.807, 2.05) is 61.5 Å². The zero-order chi connectivity index (χ0) is 26.3. The van der Waals surface area contributed by atoms with Gasteiger partial charge in [-0.15, -0.1) is 0 Å². The van der Waals surface area contributed by atoms with Crippen LogP contribution in [0.3, 0.4) is 0 Å². The van der Waals surface area contributed by atoms with E-state index in [1.165, 1.54) is 4.90 Å². The summed E-state index contributed by atoms with van der Waals surface area (Å²) in [7, 11) is 1.61. The van der Waals surface area contributed by atoms with Crippen molar-refractivity contribution in [2.24, 2.45) is 0 Å². The lowest BCUT2D eigenvalue weighted by Gasteiger charge is -2.23. The lowest BCUT2D eigenvalue weighted by molar-refractivity contribution is -0.116. The average molecular weight is 557 g/mol. The normalized spacial score (nSPS) is 11.2. The van der Waals surface area contributed by atoms with Crippen molar-refractivity contribution in [3.05, 3.63) is 64.8 Å². The smallest absolute Gasteiger partial charge is 0.322 e. The predicted octanol–water partition coefficient (Wildman–Crippen LogP) is 6.21. The van der Waals surface area contributed by atoms with E-state index >= 15 is 0 Å². The van der Waals surface area contributed by atoms with Crippen molar-refractivity contribution < 1.29 is 14.3 Å². The second kappa shape index (κ2) is 12.1. The molecule has 2 aromatic carbocycles. The van der Waals surface area contributed by atoms with E-state index in [2.05, 4.69) is 47.3 Å². The highest BCUT2D eigenvalue weighted by Gasteiger charge is 2.23. The second-order valence-electron chi connectivity index (χ2n) is 9.51. The van der Waals surface area contributed by atoms with Crippen LogP contribution in [-0.4, -0.2) is 46.8 Å². The van der Waals surface area contributed by atoms with Crippen molar-refractivity contribution in [3.8, 4) is 11.4 Å². The molecule has 0 fully saturated rings. The summed E-state index contributed by atoms with van der Waals surface area (Å²) in [5.74, 6) is 0.968. The maximum Gasteiger partial charge on any atom is 0.322 e. The molecule has 1 heterocycles. The number of carbonyl (C=O) groups is 2. The lowest BCUT2D eigenvalue weighted by atomic mass is 9.92. The summed E-state index contributed by atoms with van der Waals surface area (Å²) in [6.07, 6.45) is 1.69. The molecule has 0 unspecified atom stereocenters. The number of nitrogens with one attached hydrogen (secondary N) is 2. The fourth-order valence-electron chi connectivity index (χ4n) is 3.47. The first kappa shape index (κ1) is 27.3. The quantitative estimate of drug-likeness (QED) is 0.328. The summed E-state index contributed by atoms with van der Waals surface area (Å²) >= 11 is 3.45. The first-order valence-electron chi connectivity index (χ1n) is 12.0. The van der Waals surface area contributed by atoms with Gasteiger partial charge in [0.05, 0.1) is 24.2 Å². The van der Waals surface area contributed by atoms with Crippen LogP contribution in [0.15, 0.2) is 59.1 Å². The van der Waals surface area contributed by atoms with E-state index < -0.39 is 0 Å². The Morgan fingerprint density at radius 3 is 2.39 bits per heavy atom. The molecule has 2 N–H and O–H groups in total. The van der Waals surface area contributed by atoms with Crippen molar-refractivity contribution >= 4 is 39.4 Å². The van der Waals surface area contributed by atoms with Crippen LogP contribution >= 0.6 is 15.9 Å². The van der Waals surface area contributed by atoms with Crippen molar-refractivity contribution in [1.29, 1.82) is 0 Å². The molecule has 0 aliphatic rings. The summed E-state index contributed by atoms with van der Waals surface area (Å²) in [6.45, 7) is 8.62. The van der Waals surface area contributed by atoms with E-state index in [1.54, 1.807) is 11.8 Å². The molecule has 0 saturated heterocycles. The Labute approximate surface area is 221 Å². The minimum atomic E-state index is -0.329. The zero-order valence-electron chi connectivity index (χ0n) is 21.5. The third-order valence-electron chi connectivity index (χ3n) is 5.58. The molecule has 1 aromatic heterocycles. The van der Waals surface area contributed by atoms with Gasteiger partial charge in [0.1, 0.15) is 18.1 Å². The van der Waals surface area contributed by atoms with Crippen molar-refractivity contribution in [2.75, 3.05) is 30.8 Å². The van der Waals surface area contributed by atoms with Crippen molar-refractivity contribution in [1.82, 2.24) is 14.7 Å². The Morgan fingerprint density at radius 1 is 1.08 bits per heavy atom. The van der Waals surface area contributed by atoms with E-state index in [-0.39, 0.29) is 23.9 Å². The van der Waals surface area contributed by atoms with Gasteiger partial charge in [0, 0.05) is 22.5 Å². The molecule has 0 aliphatic heterocycles. The highest BCUT2D eigenvalue weighted by Crippen LogP contribution is 2.27. The monoisotopic (exact) mass is 555 g/mol. The summed E-state index contributed by atoms with van der Waals surface area (Å²) < 4.78 is 7.74. The second-order valence-corrected chi connectivity index (χ2v) is 10.4. The van der Waals surface area contributed by atoms with E-state index in [0.717, 1.165) is 34.4 Å². The number of unbranched alkanes of at least 4 members (excludes halogenated alkanes) is 1. The van der Waals surface area contributed by atoms with E-state index in [0.29, 0.717) is 18.1 Å².